The van der Waals surface area contributed by atoms with Crippen molar-refractivity contribution in [3.05, 3.63) is 103 Å². The average Bonchev–Trinajstić information content (AvgIpc) is 2.72. The smallest absolute Gasteiger partial charge is 0.324 e. The topological polar surface area (TPSA) is 111 Å². The highest BCUT2D eigenvalue weighted by Crippen LogP contribution is 2.24. The van der Waals surface area contributed by atoms with E-state index in [1.807, 2.05) is 0 Å². The van der Waals surface area contributed by atoms with Gasteiger partial charge in [-0.15, -0.1) is 0 Å². The van der Waals surface area contributed by atoms with Gasteiger partial charge in [0.1, 0.15) is 6.54 Å². The van der Waals surface area contributed by atoms with Crippen LogP contribution >= 0.6 is 11.6 Å². The van der Waals surface area contributed by atoms with Crippen molar-refractivity contribution in [3.63, 3.8) is 0 Å². The standard InChI is InChI=1S/C21H16ClN3O5/c1-13-7-10-18(25(29)30)21(28)24(13)12-19(26)23-17-9-8-15(22)11-16(17)20(27)14-5-3-2-4-6-14/h2-11H,12H2,1H3,(H,23,26). The zero-order valence-corrected chi connectivity index (χ0v) is 16.6. The molecule has 0 radical (unpaired) electrons. The van der Waals surface area contributed by atoms with E-state index >= 15 is 0 Å². The Kier molecular flexibility index (Phi) is 6.08. The molecule has 3 aromatic rings. The lowest BCUT2D eigenvalue weighted by atomic mass is 10.0. The second kappa shape index (κ2) is 8.71. The van der Waals surface area contributed by atoms with Crippen molar-refractivity contribution in [3.8, 4) is 0 Å². The van der Waals surface area contributed by atoms with Crippen LogP contribution in [0.25, 0.3) is 0 Å². The summed E-state index contributed by atoms with van der Waals surface area (Å²) in [6.07, 6.45) is 0. The van der Waals surface area contributed by atoms with Gasteiger partial charge in [-0.1, -0.05) is 41.9 Å². The molecule has 8 nitrogen and oxygen atoms in total. The maximum absolute atomic E-state index is 12.8. The molecule has 0 unspecified atom stereocenters. The van der Waals surface area contributed by atoms with E-state index in [0.717, 1.165) is 10.6 Å². The molecule has 0 saturated carbocycles. The lowest BCUT2D eigenvalue weighted by Gasteiger charge is -2.13. The van der Waals surface area contributed by atoms with E-state index in [1.165, 1.54) is 24.3 Å². The minimum atomic E-state index is -0.883. The number of benzene rings is 2. The third kappa shape index (κ3) is 4.44. The Balaban J connectivity index is 1.90. The Morgan fingerprint density at radius 2 is 1.80 bits per heavy atom. The molecule has 0 bridgehead atoms. The maximum Gasteiger partial charge on any atom is 0.334 e. The van der Waals surface area contributed by atoms with Crippen LogP contribution in [-0.4, -0.2) is 21.2 Å². The molecule has 0 spiro atoms. The number of ketones is 1. The van der Waals surface area contributed by atoms with Crippen LogP contribution < -0.4 is 10.9 Å². The summed E-state index contributed by atoms with van der Waals surface area (Å²) in [4.78, 5) is 47.9. The molecule has 1 heterocycles. The van der Waals surface area contributed by atoms with Gasteiger partial charge in [-0.3, -0.25) is 29.1 Å². The number of hydrogen-bond acceptors (Lipinski definition) is 5. The summed E-state index contributed by atoms with van der Waals surface area (Å²) in [6, 6.07) is 15.4. The molecular formula is C21H16ClN3O5. The van der Waals surface area contributed by atoms with E-state index in [2.05, 4.69) is 5.32 Å². The van der Waals surface area contributed by atoms with Crippen molar-refractivity contribution in [2.24, 2.45) is 0 Å². The average molecular weight is 426 g/mol. The van der Waals surface area contributed by atoms with Crippen molar-refractivity contribution in [2.75, 3.05) is 5.32 Å². The van der Waals surface area contributed by atoms with Gasteiger partial charge in [-0.25, -0.2) is 0 Å². The molecule has 1 aromatic heterocycles. The van der Waals surface area contributed by atoms with Gasteiger partial charge in [-0.05, 0) is 31.2 Å². The minimum Gasteiger partial charge on any atom is -0.324 e. The Morgan fingerprint density at radius 1 is 1.10 bits per heavy atom. The highest BCUT2D eigenvalue weighted by atomic mass is 35.5. The number of rotatable bonds is 6. The molecule has 30 heavy (non-hydrogen) atoms. The third-order valence-electron chi connectivity index (χ3n) is 4.41. The molecule has 0 aliphatic heterocycles. The van der Waals surface area contributed by atoms with Gasteiger partial charge in [0.25, 0.3) is 0 Å². The Hall–Kier alpha value is -3.78. The van der Waals surface area contributed by atoms with E-state index in [9.17, 15) is 24.5 Å². The quantitative estimate of drug-likeness (QED) is 0.368. The monoisotopic (exact) mass is 425 g/mol. The Labute approximate surface area is 175 Å². The first-order valence-corrected chi connectivity index (χ1v) is 9.19. The summed E-state index contributed by atoms with van der Waals surface area (Å²) in [6.45, 7) is 1.11. The predicted octanol–water partition coefficient (Wildman–Crippen LogP) is 3.59. The van der Waals surface area contributed by atoms with Gasteiger partial charge in [-0.2, -0.15) is 0 Å². The molecule has 0 fully saturated rings. The first kappa shape index (κ1) is 20.9. The fraction of sp³-hybridized carbons (Fsp3) is 0.0952. The summed E-state index contributed by atoms with van der Waals surface area (Å²) in [7, 11) is 0. The number of amides is 1. The Bertz CT molecular complexity index is 1210. The summed E-state index contributed by atoms with van der Waals surface area (Å²) in [5.74, 6) is -0.956. The van der Waals surface area contributed by atoms with Gasteiger partial charge in [0.15, 0.2) is 5.78 Å². The first-order valence-electron chi connectivity index (χ1n) is 8.82. The minimum absolute atomic E-state index is 0.185. The van der Waals surface area contributed by atoms with Gasteiger partial charge in [0, 0.05) is 27.9 Å². The van der Waals surface area contributed by atoms with Crippen molar-refractivity contribution in [2.45, 2.75) is 13.5 Å². The zero-order chi connectivity index (χ0) is 21.8. The molecule has 9 heteroatoms. The lowest BCUT2D eigenvalue weighted by Crippen LogP contribution is -2.30. The van der Waals surface area contributed by atoms with E-state index < -0.39 is 28.6 Å². The fourth-order valence-corrected chi connectivity index (χ4v) is 3.06. The van der Waals surface area contributed by atoms with Crippen LogP contribution in [0.5, 0.6) is 0 Å². The van der Waals surface area contributed by atoms with Crippen LogP contribution in [0.15, 0.2) is 65.5 Å². The number of carbonyl (C=O) groups excluding carboxylic acids is 2. The number of carbonyl (C=O) groups is 2. The van der Waals surface area contributed by atoms with Crippen LogP contribution in [-0.2, 0) is 11.3 Å². The zero-order valence-electron chi connectivity index (χ0n) is 15.8. The number of pyridine rings is 1. The van der Waals surface area contributed by atoms with Gasteiger partial charge in [0.2, 0.25) is 5.91 Å². The number of anilines is 1. The number of nitrogens with zero attached hydrogens (tertiary/aromatic N) is 2. The van der Waals surface area contributed by atoms with Crippen molar-refractivity contribution in [1.82, 2.24) is 4.57 Å². The predicted molar refractivity (Wildman–Crippen MR) is 112 cm³/mol. The SMILES string of the molecule is Cc1ccc([N+](=O)[O-])c(=O)n1CC(=O)Nc1ccc(Cl)cc1C(=O)c1ccccc1. The van der Waals surface area contributed by atoms with E-state index in [1.54, 1.807) is 37.3 Å². The molecule has 3 rings (SSSR count). The van der Waals surface area contributed by atoms with Gasteiger partial charge >= 0.3 is 11.2 Å². The van der Waals surface area contributed by atoms with Crippen LogP contribution in [0.4, 0.5) is 11.4 Å². The first-order chi connectivity index (χ1) is 14.3. The molecule has 1 N–H and O–H groups in total. The van der Waals surface area contributed by atoms with E-state index in [4.69, 9.17) is 11.6 Å². The normalized spacial score (nSPS) is 10.5. The molecular weight excluding hydrogens is 410 g/mol. The van der Waals surface area contributed by atoms with Gasteiger partial charge in [0.05, 0.1) is 10.6 Å². The number of aromatic nitrogens is 1. The Morgan fingerprint density at radius 3 is 2.47 bits per heavy atom. The van der Waals surface area contributed by atoms with Crippen LogP contribution in [0.2, 0.25) is 5.02 Å². The number of hydrogen-bond donors (Lipinski definition) is 1. The summed E-state index contributed by atoms with van der Waals surface area (Å²) >= 11 is 6.03. The number of halogens is 1. The second-order valence-corrected chi connectivity index (χ2v) is 6.88. The molecule has 0 saturated heterocycles. The van der Waals surface area contributed by atoms with E-state index in [-0.39, 0.29) is 17.0 Å². The van der Waals surface area contributed by atoms with Crippen molar-refractivity contribution in [1.29, 1.82) is 0 Å². The van der Waals surface area contributed by atoms with Crippen LogP contribution in [0, 0.1) is 17.0 Å². The van der Waals surface area contributed by atoms with E-state index in [0.29, 0.717) is 16.3 Å². The van der Waals surface area contributed by atoms with Crippen molar-refractivity contribution < 1.29 is 14.5 Å². The van der Waals surface area contributed by atoms with Crippen LogP contribution in [0.3, 0.4) is 0 Å². The van der Waals surface area contributed by atoms with Gasteiger partial charge < -0.3 is 5.32 Å². The fourth-order valence-electron chi connectivity index (χ4n) is 2.89. The summed E-state index contributed by atoms with van der Waals surface area (Å²) in [5, 5.41) is 13.9. The van der Waals surface area contributed by atoms with Crippen molar-refractivity contribution >= 4 is 34.7 Å². The molecule has 0 atom stereocenters. The molecule has 1 amide bonds. The number of nitrogens with one attached hydrogen (secondary N) is 1. The molecule has 2 aromatic carbocycles. The molecule has 152 valence electrons. The molecule has 0 aliphatic rings. The highest BCUT2D eigenvalue weighted by molar-refractivity contribution is 6.31. The maximum atomic E-state index is 12.8. The third-order valence-corrected chi connectivity index (χ3v) is 4.64. The highest BCUT2D eigenvalue weighted by Gasteiger charge is 2.19. The second-order valence-electron chi connectivity index (χ2n) is 6.44. The van der Waals surface area contributed by atoms with Crippen LogP contribution in [0.1, 0.15) is 21.6 Å². The lowest BCUT2D eigenvalue weighted by molar-refractivity contribution is -0.386. The summed E-state index contributed by atoms with van der Waals surface area (Å²) in [5.41, 5.74) is -0.301. The summed E-state index contributed by atoms with van der Waals surface area (Å²) < 4.78 is 1.00. The largest absolute Gasteiger partial charge is 0.334 e. The number of aryl methyl sites for hydroxylation is 1. The molecule has 0 aliphatic carbocycles. The number of nitro groups is 1.